The van der Waals surface area contributed by atoms with Crippen molar-refractivity contribution in [2.45, 2.75) is 57.2 Å². The maximum atomic E-state index is 12.7. The van der Waals surface area contributed by atoms with Gasteiger partial charge in [-0.05, 0) is 38.5 Å². The van der Waals surface area contributed by atoms with Gasteiger partial charge in [0.25, 0.3) is 0 Å². The molecule has 19 heavy (non-hydrogen) atoms. The number of likely N-dealkylation sites (tertiary alicyclic amines) is 1. The van der Waals surface area contributed by atoms with E-state index in [9.17, 15) is 10.1 Å². The van der Waals surface area contributed by atoms with Crippen molar-refractivity contribution in [2.75, 3.05) is 0 Å². The lowest BCUT2D eigenvalue weighted by atomic mass is 9.60. The van der Waals surface area contributed by atoms with Gasteiger partial charge in [0.2, 0.25) is 5.91 Å². The Labute approximate surface area is 114 Å². The summed E-state index contributed by atoms with van der Waals surface area (Å²) in [5.74, 6) is 0.516. The minimum absolute atomic E-state index is 0.0285. The number of nitriles is 1. The monoisotopic (exact) mass is 259 g/mol. The van der Waals surface area contributed by atoms with Crippen LogP contribution in [0.15, 0.2) is 12.2 Å². The first-order valence-electron chi connectivity index (χ1n) is 7.14. The Morgan fingerprint density at radius 3 is 2.68 bits per heavy atom. The number of hydrogen-bond acceptors (Lipinski definition) is 3. The average molecular weight is 259 g/mol. The summed E-state index contributed by atoms with van der Waals surface area (Å²) in [5, 5.41) is 9.19. The van der Waals surface area contributed by atoms with Crippen LogP contribution in [-0.4, -0.2) is 28.9 Å². The highest BCUT2D eigenvalue weighted by molar-refractivity contribution is 5.85. The van der Waals surface area contributed by atoms with Crippen molar-refractivity contribution in [3.05, 3.63) is 12.2 Å². The number of nitrogens with two attached hydrogens (primary N) is 1. The molecule has 3 fully saturated rings. The van der Waals surface area contributed by atoms with Crippen LogP contribution in [-0.2, 0) is 4.79 Å². The van der Waals surface area contributed by atoms with Crippen molar-refractivity contribution in [2.24, 2.45) is 17.1 Å². The number of rotatable bonds is 3. The number of hydrogen-bond donors (Lipinski definition) is 1. The van der Waals surface area contributed by atoms with Crippen LogP contribution in [0.25, 0.3) is 0 Å². The summed E-state index contributed by atoms with van der Waals surface area (Å²) in [6.45, 7) is 6.00. The van der Waals surface area contributed by atoms with Crippen molar-refractivity contribution < 1.29 is 4.79 Å². The van der Waals surface area contributed by atoms with E-state index in [2.05, 4.69) is 12.6 Å². The van der Waals surface area contributed by atoms with E-state index in [0.717, 1.165) is 37.7 Å². The minimum Gasteiger partial charge on any atom is -0.322 e. The third kappa shape index (κ3) is 1.64. The second-order valence-corrected chi connectivity index (χ2v) is 6.46. The lowest BCUT2D eigenvalue weighted by molar-refractivity contribution is -0.137. The molecule has 4 atom stereocenters. The van der Waals surface area contributed by atoms with Crippen LogP contribution in [0.3, 0.4) is 0 Å². The number of fused-ring (bicyclic) bond motifs is 1. The van der Waals surface area contributed by atoms with E-state index in [1.165, 1.54) is 0 Å². The maximum absolute atomic E-state index is 12.7. The van der Waals surface area contributed by atoms with Crippen molar-refractivity contribution in [1.82, 2.24) is 4.90 Å². The quantitative estimate of drug-likeness (QED) is 0.782. The van der Waals surface area contributed by atoms with E-state index in [-0.39, 0.29) is 23.4 Å². The number of amides is 1. The van der Waals surface area contributed by atoms with Gasteiger partial charge in [-0.3, -0.25) is 4.79 Å². The Kier molecular flexibility index (Phi) is 2.72. The zero-order valence-corrected chi connectivity index (χ0v) is 11.4. The molecule has 0 radical (unpaired) electrons. The molecule has 1 heterocycles. The van der Waals surface area contributed by atoms with Crippen LogP contribution in [0, 0.1) is 22.7 Å². The SMILES string of the molecule is C=C(C)C1(C(N)C(=O)N2C(C#N)CC3C[C@@H]32)CCC1. The molecular formula is C15H21N3O. The summed E-state index contributed by atoms with van der Waals surface area (Å²) in [6, 6.07) is 1.76. The van der Waals surface area contributed by atoms with Crippen molar-refractivity contribution in [3.8, 4) is 6.07 Å². The minimum atomic E-state index is -0.519. The van der Waals surface area contributed by atoms with Crippen molar-refractivity contribution >= 4 is 5.91 Å². The van der Waals surface area contributed by atoms with E-state index in [4.69, 9.17) is 5.73 Å². The first-order valence-corrected chi connectivity index (χ1v) is 7.14. The largest absolute Gasteiger partial charge is 0.322 e. The molecule has 1 aliphatic heterocycles. The topological polar surface area (TPSA) is 70.1 Å². The highest BCUT2D eigenvalue weighted by Gasteiger charge is 2.57. The van der Waals surface area contributed by atoms with Crippen molar-refractivity contribution in [3.63, 3.8) is 0 Å². The van der Waals surface area contributed by atoms with Gasteiger partial charge in [-0.2, -0.15) is 5.26 Å². The van der Waals surface area contributed by atoms with Crippen LogP contribution in [0.1, 0.15) is 39.0 Å². The molecule has 102 valence electrons. The van der Waals surface area contributed by atoms with Crippen LogP contribution < -0.4 is 5.73 Å². The molecule has 0 aromatic rings. The van der Waals surface area contributed by atoms with Gasteiger partial charge in [0.1, 0.15) is 6.04 Å². The normalized spacial score (nSPS) is 35.8. The molecule has 4 heteroatoms. The van der Waals surface area contributed by atoms with Gasteiger partial charge in [-0.1, -0.05) is 18.6 Å². The number of piperidine rings is 1. The Balaban J connectivity index is 1.80. The van der Waals surface area contributed by atoms with E-state index < -0.39 is 6.04 Å². The highest BCUT2D eigenvalue weighted by atomic mass is 16.2. The average Bonchev–Trinajstić information content (AvgIpc) is 2.97. The van der Waals surface area contributed by atoms with Gasteiger partial charge >= 0.3 is 0 Å². The Morgan fingerprint density at radius 2 is 2.21 bits per heavy atom. The first kappa shape index (κ1) is 12.7. The highest BCUT2D eigenvalue weighted by Crippen LogP contribution is 2.52. The zero-order valence-electron chi connectivity index (χ0n) is 11.4. The molecule has 2 N–H and O–H groups in total. The Morgan fingerprint density at radius 1 is 1.53 bits per heavy atom. The third-order valence-corrected chi connectivity index (χ3v) is 5.46. The second-order valence-electron chi connectivity index (χ2n) is 6.46. The Bertz CT molecular complexity index is 474. The molecule has 4 nitrogen and oxygen atoms in total. The molecule has 2 aliphatic carbocycles. The molecule has 2 saturated carbocycles. The predicted octanol–water partition coefficient (Wildman–Crippen LogP) is 1.57. The second kappa shape index (κ2) is 4.08. The summed E-state index contributed by atoms with van der Waals surface area (Å²) in [4.78, 5) is 14.5. The summed E-state index contributed by atoms with van der Waals surface area (Å²) in [5.41, 5.74) is 7.07. The first-order chi connectivity index (χ1) is 9.01. The molecule has 1 saturated heterocycles. The molecule has 3 rings (SSSR count). The van der Waals surface area contributed by atoms with Crippen LogP contribution in [0.4, 0.5) is 0 Å². The van der Waals surface area contributed by atoms with E-state index in [0.29, 0.717) is 5.92 Å². The summed E-state index contributed by atoms with van der Waals surface area (Å²) >= 11 is 0. The predicted molar refractivity (Wildman–Crippen MR) is 71.8 cm³/mol. The lowest BCUT2D eigenvalue weighted by Gasteiger charge is -2.47. The number of carbonyl (C=O) groups excluding carboxylic acids is 1. The molecule has 3 unspecified atom stereocenters. The molecule has 0 spiro atoms. The van der Waals surface area contributed by atoms with Crippen LogP contribution >= 0.6 is 0 Å². The standard InChI is InChI=1S/C15H21N3O/c1-9(2)15(4-3-5-15)13(17)14(19)18-11(8-16)6-10-7-12(10)18/h10-13H,1,3-7,17H2,2H3/t10?,11?,12-,13?/m0/s1. The van der Waals surface area contributed by atoms with Gasteiger partial charge in [0, 0.05) is 11.5 Å². The lowest BCUT2D eigenvalue weighted by Crippen LogP contribution is -2.58. The molecule has 0 aromatic heterocycles. The fraction of sp³-hybridized carbons (Fsp3) is 0.733. The Hall–Kier alpha value is -1.34. The summed E-state index contributed by atoms with van der Waals surface area (Å²) in [7, 11) is 0. The van der Waals surface area contributed by atoms with E-state index >= 15 is 0 Å². The molecule has 0 aromatic carbocycles. The molecular weight excluding hydrogens is 238 g/mol. The van der Waals surface area contributed by atoms with Crippen LogP contribution in [0.2, 0.25) is 0 Å². The third-order valence-electron chi connectivity index (χ3n) is 5.46. The summed E-state index contributed by atoms with van der Waals surface area (Å²) in [6.07, 6.45) is 4.90. The summed E-state index contributed by atoms with van der Waals surface area (Å²) < 4.78 is 0. The number of nitrogens with zero attached hydrogens (tertiary/aromatic N) is 2. The molecule has 3 aliphatic rings. The van der Waals surface area contributed by atoms with E-state index in [1.54, 1.807) is 4.90 Å². The van der Waals surface area contributed by atoms with Gasteiger partial charge in [0.15, 0.2) is 0 Å². The van der Waals surface area contributed by atoms with E-state index in [1.807, 2.05) is 6.92 Å². The van der Waals surface area contributed by atoms with Gasteiger partial charge in [-0.25, -0.2) is 0 Å². The van der Waals surface area contributed by atoms with Crippen molar-refractivity contribution in [1.29, 1.82) is 5.26 Å². The van der Waals surface area contributed by atoms with Crippen LogP contribution in [0.5, 0.6) is 0 Å². The van der Waals surface area contributed by atoms with Gasteiger partial charge in [-0.15, -0.1) is 0 Å². The fourth-order valence-electron chi connectivity index (χ4n) is 3.85. The fourth-order valence-corrected chi connectivity index (χ4v) is 3.85. The molecule has 0 bridgehead atoms. The molecule has 1 amide bonds. The maximum Gasteiger partial charge on any atom is 0.241 e. The zero-order chi connectivity index (χ0) is 13.8. The number of carbonyl (C=O) groups is 1. The smallest absolute Gasteiger partial charge is 0.241 e. The van der Waals surface area contributed by atoms with Gasteiger partial charge in [0.05, 0.1) is 12.1 Å². The van der Waals surface area contributed by atoms with Gasteiger partial charge < -0.3 is 10.6 Å².